The fourth-order valence-corrected chi connectivity index (χ4v) is 2.95. The molecule has 1 heterocycles. The van der Waals surface area contributed by atoms with Gasteiger partial charge in [0.1, 0.15) is 5.75 Å². The summed E-state index contributed by atoms with van der Waals surface area (Å²) in [4.78, 5) is 15.2. The van der Waals surface area contributed by atoms with Crippen molar-refractivity contribution >= 4 is 23.4 Å². The van der Waals surface area contributed by atoms with Crippen molar-refractivity contribution in [2.45, 2.75) is 18.5 Å². The number of ether oxygens (including phenoxy) is 1. The minimum atomic E-state index is -0.106. The van der Waals surface area contributed by atoms with Crippen molar-refractivity contribution in [1.82, 2.24) is 15.2 Å². The van der Waals surface area contributed by atoms with Gasteiger partial charge in [0.15, 0.2) is 11.0 Å². The predicted octanol–water partition coefficient (Wildman–Crippen LogP) is 3.77. The van der Waals surface area contributed by atoms with Gasteiger partial charge in [-0.05, 0) is 36.2 Å². The zero-order valence-corrected chi connectivity index (χ0v) is 15.5. The van der Waals surface area contributed by atoms with E-state index in [-0.39, 0.29) is 11.7 Å². The molecule has 0 unspecified atom stereocenters. The predicted molar refractivity (Wildman–Crippen MR) is 104 cm³/mol. The van der Waals surface area contributed by atoms with Crippen molar-refractivity contribution in [1.29, 1.82) is 0 Å². The number of thioether (sulfide) groups is 1. The number of hydrogen-bond donors (Lipinski definition) is 2. The first-order valence-electron chi connectivity index (χ1n) is 8.26. The molecule has 0 atom stereocenters. The van der Waals surface area contributed by atoms with Gasteiger partial charge < -0.3 is 15.0 Å². The molecule has 3 rings (SSSR count). The molecule has 6 nitrogen and oxygen atoms in total. The van der Waals surface area contributed by atoms with Crippen molar-refractivity contribution in [3.8, 4) is 17.1 Å². The highest BCUT2D eigenvalue weighted by Gasteiger charge is 2.09. The molecule has 2 aromatic carbocycles. The molecule has 0 spiro atoms. The number of aryl methyl sites for hydroxylation is 1. The molecule has 0 saturated heterocycles. The van der Waals surface area contributed by atoms with Crippen LogP contribution in [-0.2, 0) is 11.2 Å². The molecular weight excluding hydrogens is 348 g/mol. The number of benzene rings is 2. The number of anilines is 1. The number of nitrogens with one attached hydrogen (secondary N) is 2. The Kier molecular flexibility index (Phi) is 5.91. The van der Waals surface area contributed by atoms with Crippen molar-refractivity contribution in [2.75, 3.05) is 18.2 Å². The topological polar surface area (TPSA) is 79.9 Å². The molecule has 0 aliphatic heterocycles. The standard InChI is InChI=1S/C19H20N4O2S/c1-3-13-4-6-14(7-5-13)18-21-19(23-22-18)26-12-17(24)20-15-8-10-16(25-2)11-9-15/h4-11H,3,12H2,1-2H3,(H,20,24)(H,21,22,23). The summed E-state index contributed by atoms with van der Waals surface area (Å²) in [5, 5.41) is 11.7. The highest BCUT2D eigenvalue weighted by Crippen LogP contribution is 2.20. The number of carbonyl (C=O) groups is 1. The average Bonchev–Trinajstić information content (AvgIpc) is 3.16. The van der Waals surface area contributed by atoms with E-state index >= 15 is 0 Å². The Bertz CT molecular complexity index is 860. The number of aromatic amines is 1. The zero-order chi connectivity index (χ0) is 18.4. The highest BCUT2D eigenvalue weighted by molar-refractivity contribution is 7.99. The van der Waals surface area contributed by atoms with Gasteiger partial charge in [-0.2, -0.15) is 0 Å². The summed E-state index contributed by atoms with van der Waals surface area (Å²) in [6.07, 6.45) is 1.00. The summed E-state index contributed by atoms with van der Waals surface area (Å²) in [5.41, 5.74) is 2.98. The van der Waals surface area contributed by atoms with Crippen molar-refractivity contribution in [2.24, 2.45) is 0 Å². The van der Waals surface area contributed by atoms with Crippen LogP contribution in [0.4, 0.5) is 5.69 Å². The SMILES string of the molecule is CCc1ccc(-c2nnc(SCC(=O)Nc3ccc(OC)cc3)[nH]2)cc1. The van der Waals surface area contributed by atoms with E-state index in [4.69, 9.17) is 4.74 Å². The van der Waals surface area contributed by atoms with E-state index in [0.717, 1.165) is 23.4 Å². The molecule has 0 fully saturated rings. The van der Waals surface area contributed by atoms with E-state index in [1.54, 1.807) is 31.4 Å². The quantitative estimate of drug-likeness (QED) is 0.621. The number of amides is 1. The molecular formula is C19H20N4O2S. The normalized spacial score (nSPS) is 10.5. The fraction of sp³-hybridized carbons (Fsp3) is 0.211. The van der Waals surface area contributed by atoms with Gasteiger partial charge in [-0.15, -0.1) is 10.2 Å². The molecule has 2 N–H and O–H groups in total. The summed E-state index contributed by atoms with van der Waals surface area (Å²) in [7, 11) is 1.61. The third-order valence-corrected chi connectivity index (χ3v) is 4.68. The van der Waals surface area contributed by atoms with Gasteiger partial charge in [-0.3, -0.25) is 4.79 Å². The summed E-state index contributed by atoms with van der Waals surface area (Å²) in [6.45, 7) is 2.12. The molecule has 1 aromatic heterocycles. The number of H-pyrrole nitrogens is 1. The van der Waals surface area contributed by atoms with E-state index in [9.17, 15) is 4.79 Å². The largest absolute Gasteiger partial charge is 0.497 e. The lowest BCUT2D eigenvalue weighted by Crippen LogP contribution is -2.14. The zero-order valence-electron chi connectivity index (χ0n) is 14.7. The lowest BCUT2D eigenvalue weighted by Gasteiger charge is -2.05. The first-order valence-corrected chi connectivity index (χ1v) is 9.25. The maximum Gasteiger partial charge on any atom is 0.234 e. The number of aromatic nitrogens is 3. The summed E-state index contributed by atoms with van der Waals surface area (Å²) in [6, 6.07) is 15.4. The van der Waals surface area contributed by atoms with E-state index in [1.807, 2.05) is 12.1 Å². The molecule has 0 bridgehead atoms. The second kappa shape index (κ2) is 8.53. The number of methoxy groups -OCH3 is 1. The summed E-state index contributed by atoms with van der Waals surface area (Å²) in [5.74, 6) is 1.59. The van der Waals surface area contributed by atoms with Crippen LogP contribution in [0.3, 0.4) is 0 Å². The first-order chi connectivity index (χ1) is 12.7. The first kappa shape index (κ1) is 18.0. The minimum absolute atomic E-state index is 0.106. The van der Waals surface area contributed by atoms with Crippen LogP contribution in [0.2, 0.25) is 0 Å². The van der Waals surface area contributed by atoms with Gasteiger partial charge in [0.05, 0.1) is 12.9 Å². The van der Waals surface area contributed by atoms with Crippen LogP contribution in [0.25, 0.3) is 11.4 Å². The van der Waals surface area contributed by atoms with Crippen LogP contribution in [0, 0.1) is 0 Å². The minimum Gasteiger partial charge on any atom is -0.497 e. The number of nitrogens with zero attached hydrogens (tertiary/aromatic N) is 2. The second-order valence-corrected chi connectivity index (χ2v) is 6.56. The average molecular weight is 368 g/mol. The molecule has 3 aromatic rings. The van der Waals surface area contributed by atoms with Crippen LogP contribution < -0.4 is 10.1 Å². The Hall–Kier alpha value is -2.80. The van der Waals surface area contributed by atoms with E-state index in [0.29, 0.717) is 11.0 Å². The number of rotatable bonds is 7. The lowest BCUT2D eigenvalue weighted by atomic mass is 10.1. The molecule has 26 heavy (non-hydrogen) atoms. The molecule has 0 saturated carbocycles. The Morgan fingerprint density at radius 1 is 1.12 bits per heavy atom. The van der Waals surface area contributed by atoms with E-state index in [1.165, 1.54) is 17.3 Å². The van der Waals surface area contributed by atoms with Crippen LogP contribution >= 0.6 is 11.8 Å². The fourth-order valence-electron chi connectivity index (χ4n) is 2.35. The number of hydrogen-bond acceptors (Lipinski definition) is 5. The Balaban J connectivity index is 1.54. The van der Waals surface area contributed by atoms with Gasteiger partial charge in [0, 0.05) is 11.3 Å². The number of carbonyl (C=O) groups excluding carboxylic acids is 1. The molecule has 0 aliphatic rings. The van der Waals surface area contributed by atoms with Crippen LogP contribution in [0.1, 0.15) is 12.5 Å². The summed E-state index contributed by atoms with van der Waals surface area (Å²) < 4.78 is 5.09. The third kappa shape index (κ3) is 4.64. The molecule has 0 aliphatic carbocycles. The second-order valence-electron chi connectivity index (χ2n) is 5.59. The maximum atomic E-state index is 12.1. The monoisotopic (exact) mass is 368 g/mol. The van der Waals surface area contributed by atoms with Gasteiger partial charge in [-0.1, -0.05) is 43.0 Å². The van der Waals surface area contributed by atoms with Gasteiger partial charge in [-0.25, -0.2) is 0 Å². The Labute approximate surface area is 156 Å². The Morgan fingerprint density at radius 2 is 1.85 bits per heavy atom. The third-order valence-electron chi connectivity index (χ3n) is 3.82. The Morgan fingerprint density at radius 3 is 2.50 bits per heavy atom. The van der Waals surface area contributed by atoms with Crippen LogP contribution in [0.15, 0.2) is 53.7 Å². The molecule has 134 valence electrons. The molecule has 0 radical (unpaired) electrons. The van der Waals surface area contributed by atoms with E-state index in [2.05, 4.69) is 39.6 Å². The van der Waals surface area contributed by atoms with Crippen molar-refractivity contribution in [3.05, 3.63) is 54.1 Å². The molecule has 7 heteroatoms. The van der Waals surface area contributed by atoms with Gasteiger partial charge in [0.25, 0.3) is 0 Å². The highest BCUT2D eigenvalue weighted by atomic mass is 32.2. The lowest BCUT2D eigenvalue weighted by molar-refractivity contribution is -0.113. The van der Waals surface area contributed by atoms with Crippen molar-refractivity contribution < 1.29 is 9.53 Å². The van der Waals surface area contributed by atoms with Crippen LogP contribution in [-0.4, -0.2) is 34.0 Å². The van der Waals surface area contributed by atoms with Gasteiger partial charge >= 0.3 is 0 Å². The van der Waals surface area contributed by atoms with Crippen LogP contribution in [0.5, 0.6) is 5.75 Å². The van der Waals surface area contributed by atoms with E-state index < -0.39 is 0 Å². The van der Waals surface area contributed by atoms with Gasteiger partial charge in [0.2, 0.25) is 5.91 Å². The maximum absolute atomic E-state index is 12.1. The van der Waals surface area contributed by atoms with Crippen molar-refractivity contribution in [3.63, 3.8) is 0 Å². The smallest absolute Gasteiger partial charge is 0.234 e. The summed E-state index contributed by atoms with van der Waals surface area (Å²) >= 11 is 1.31. The molecule has 1 amide bonds.